The van der Waals surface area contributed by atoms with E-state index in [9.17, 15) is 0 Å². The average Bonchev–Trinajstić information content (AvgIpc) is 2.42. The Morgan fingerprint density at radius 1 is 0.950 bits per heavy atom. The maximum atomic E-state index is 6.34. The van der Waals surface area contributed by atoms with Gasteiger partial charge in [-0.1, -0.05) is 23.7 Å². The summed E-state index contributed by atoms with van der Waals surface area (Å²) >= 11 is 6.34. The number of nitrogen functional groups attached to an aromatic ring is 1. The number of halogens is 1. The van der Waals surface area contributed by atoms with Crippen LogP contribution < -0.4 is 5.73 Å². The van der Waals surface area contributed by atoms with Crippen molar-refractivity contribution in [1.82, 2.24) is 9.97 Å². The summed E-state index contributed by atoms with van der Waals surface area (Å²) in [7, 11) is 0. The van der Waals surface area contributed by atoms with Crippen molar-refractivity contribution < 1.29 is 0 Å². The van der Waals surface area contributed by atoms with E-state index in [1.54, 1.807) is 0 Å². The van der Waals surface area contributed by atoms with Gasteiger partial charge >= 0.3 is 0 Å². The van der Waals surface area contributed by atoms with Crippen LogP contribution in [0.5, 0.6) is 0 Å². The van der Waals surface area contributed by atoms with Crippen LogP contribution in [-0.4, -0.2) is 9.97 Å². The van der Waals surface area contributed by atoms with Gasteiger partial charge in [0.2, 0.25) is 0 Å². The molecule has 0 saturated carbocycles. The number of nitrogens with zero attached hydrogens (tertiary/aromatic N) is 2. The molecule has 0 unspecified atom stereocenters. The fourth-order valence-corrected chi connectivity index (χ4v) is 2.48. The number of nitrogens with two attached hydrogens (primary N) is 1. The summed E-state index contributed by atoms with van der Waals surface area (Å²) in [6, 6.07) is 11.6. The van der Waals surface area contributed by atoms with Gasteiger partial charge in [-0.3, -0.25) is 0 Å². The molecule has 4 heteroatoms. The molecule has 0 fully saturated rings. The van der Waals surface area contributed by atoms with E-state index in [4.69, 9.17) is 17.3 Å². The Kier molecular flexibility index (Phi) is 3.07. The van der Waals surface area contributed by atoms with Crippen molar-refractivity contribution >= 4 is 28.5 Å². The first-order valence-electron chi connectivity index (χ1n) is 6.35. The molecule has 0 bridgehead atoms. The number of hydrogen-bond acceptors (Lipinski definition) is 3. The molecule has 0 aliphatic rings. The van der Waals surface area contributed by atoms with Gasteiger partial charge in [0.25, 0.3) is 0 Å². The van der Waals surface area contributed by atoms with E-state index in [-0.39, 0.29) is 0 Å². The van der Waals surface area contributed by atoms with Gasteiger partial charge in [-0.15, -0.1) is 0 Å². The molecule has 0 spiro atoms. The Morgan fingerprint density at radius 2 is 1.55 bits per heavy atom. The van der Waals surface area contributed by atoms with Gasteiger partial charge in [0, 0.05) is 5.56 Å². The van der Waals surface area contributed by atoms with Crippen molar-refractivity contribution in [3.05, 3.63) is 52.5 Å². The molecule has 1 heterocycles. The molecule has 2 aromatic carbocycles. The average molecular weight is 284 g/mol. The molecule has 3 aromatic rings. The van der Waals surface area contributed by atoms with Gasteiger partial charge in [-0.2, -0.15) is 0 Å². The van der Waals surface area contributed by atoms with E-state index in [0.717, 1.165) is 27.7 Å². The van der Waals surface area contributed by atoms with Crippen LogP contribution in [0.1, 0.15) is 11.1 Å². The highest BCUT2D eigenvalue weighted by molar-refractivity contribution is 6.33. The third-order valence-electron chi connectivity index (χ3n) is 3.44. The lowest BCUT2D eigenvalue weighted by molar-refractivity contribution is 1.28. The first-order chi connectivity index (χ1) is 9.56. The molecule has 2 N–H and O–H groups in total. The zero-order valence-corrected chi connectivity index (χ0v) is 12.1. The Morgan fingerprint density at radius 3 is 2.25 bits per heavy atom. The largest absolute Gasteiger partial charge is 0.382 e. The van der Waals surface area contributed by atoms with E-state index in [0.29, 0.717) is 16.5 Å². The highest BCUT2D eigenvalue weighted by Crippen LogP contribution is 2.32. The van der Waals surface area contributed by atoms with E-state index < -0.39 is 0 Å². The number of benzene rings is 2. The predicted molar refractivity (Wildman–Crippen MR) is 83.9 cm³/mol. The van der Waals surface area contributed by atoms with Crippen molar-refractivity contribution in [3.63, 3.8) is 0 Å². The molecule has 3 rings (SSSR count). The van der Waals surface area contributed by atoms with Crippen molar-refractivity contribution in [2.45, 2.75) is 13.8 Å². The van der Waals surface area contributed by atoms with Crippen LogP contribution in [0.2, 0.25) is 5.02 Å². The first-order valence-corrected chi connectivity index (χ1v) is 6.73. The lowest BCUT2D eigenvalue weighted by Gasteiger charge is -2.10. The van der Waals surface area contributed by atoms with E-state index in [1.807, 2.05) is 50.2 Å². The van der Waals surface area contributed by atoms with Gasteiger partial charge in [-0.05, 0) is 49.2 Å². The Bertz CT molecular complexity index is 812. The fraction of sp³-hybridized carbons (Fsp3) is 0.125. The molecule has 0 aliphatic heterocycles. The van der Waals surface area contributed by atoms with Crippen LogP contribution in [0.25, 0.3) is 22.3 Å². The Hall–Kier alpha value is -2.13. The maximum Gasteiger partial charge on any atom is 0.150 e. The molecule has 0 atom stereocenters. The summed E-state index contributed by atoms with van der Waals surface area (Å²) in [5.41, 5.74) is 11.4. The quantitative estimate of drug-likeness (QED) is 0.730. The SMILES string of the molecule is Cc1cc(Cl)c(-c2nc3ccccc3nc2N)cc1C. The standard InChI is InChI=1S/C16H14ClN3/c1-9-7-11(12(17)8-10(9)2)15-16(18)20-14-6-4-3-5-13(14)19-15/h3-8H,1-2H3,(H2,18,20). The molecule has 100 valence electrons. The molecule has 1 aromatic heterocycles. The van der Waals surface area contributed by atoms with Gasteiger partial charge in [0.05, 0.1) is 16.1 Å². The number of aryl methyl sites for hydroxylation is 2. The van der Waals surface area contributed by atoms with E-state index >= 15 is 0 Å². The molecule has 0 amide bonds. The van der Waals surface area contributed by atoms with Crippen LogP contribution >= 0.6 is 11.6 Å². The molecule has 0 radical (unpaired) electrons. The van der Waals surface area contributed by atoms with Crippen LogP contribution in [-0.2, 0) is 0 Å². The van der Waals surface area contributed by atoms with Crippen LogP contribution in [0.3, 0.4) is 0 Å². The number of aromatic nitrogens is 2. The molecular weight excluding hydrogens is 270 g/mol. The van der Waals surface area contributed by atoms with E-state index in [1.165, 1.54) is 0 Å². The maximum absolute atomic E-state index is 6.34. The lowest BCUT2D eigenvalue weighted by atomic mass is 10.0. The van der Waals surface area contributed by atoms with E-state index in [2.05, 4.69) is 9.97 Å². The van der Waals surface area contributed by atoms with Crippen molar-refractivity contribution in [2.24, 2.45) is 0 Å². The summed E-state index contributed by atoms with van der Waals surface area (Å²) in [6.45, 7) is 4.07. The summed E-state index contributed by atoms with van der Waals surface area (Å²) in [5, 5.41) is 0.643. The summed E-state index contributed by atoms with van der Waals surface area (Å²) in [4.78, 5) is 9.01. The third-order valence-corrected chi connectivity index (χ3v) is 3.75. The number of anilines is 1. The molecule has 3 nitrogen and oxygen atoms in total. The van der Waals surface area contributed by atoms with Crippen LogP contribution in [0.4, 0.5) is 5.82 Å². The van der Waals surface area contributed by atoms with Crippen molar-refractivity contribution in [2.75, 3.05) is 5.73 Å². The number of hydrogen-bond donors (Lipinski definition) is 1. The molecule has 0 saturated heterocycles. The summed E-state index contributed by atoms with van der Waals surface area (Å²) in [5.74, 6) is 0.397. The number of rotatable bonds is 1. The second-order valence-electron chi connectivity index (χ2n) is 4.86. The molecular formula is C16H14ClN3. The highest BCUT2D eigenvalue weighted by atomic mass is 35.5. The number of para-hydroxylation sites is 2. The predicted octanol–water partition coefficient (Wildman–Crippen LogP) is 4.15. The zero-order valence-electron chi connectivity index (χ0n) is 11.3. The minimum atomic E-state index is 0.397. The van der Waals surface area contributed by atoms with Gasteiger partial charge in [0.1, 0.15) is 5.69 Å². The third kappa shape index (κ3) is 2.10. The Balaban J connectivity index is 2.29. The van der Waals surface area contributed by atoms with Gasteiger partial charge < -0.3 is 5.73 Å². The lowest BCUT2D eigenvalue weighted by Crippen LogP contribution is -1.99. The zero-order chi connectivity index (χ0) is 14.3. The Labute approximate surface area is 122 Å². The second-order valence-corrected chi connectivity index (χ2v) is 5.27. The highest BCUT2D eigenvalue weighted by Gasteiger charge is 2.13. The normalized spacial score (nSPS) is 10.9. The molecule has 0 aliphatic carbocycles. The van der Waals surface area contributed by atoms with Crippen molar-refractivity contribution in [3.8, 4) is 11.3 Å². The number of fused-ring (bicyclic) bond motifs is 1. The summed E-state index contributed by atoms with van der Waals surface area (Å²) < 4.78 is 0. The first kappa shape index (κ1) is 12.9. The van der Waals surface area contributed by atoms with Crippen LogP contribution in [0, 0.1) is 13.8 Å². The minimum absolute atomic E-state index is 0.397. The van der Waals surface area contributed by atoms with Gasteiger partial charge in [-0.25, -0.2) is 9.97 Å². The second kappa shape index (κ2) is 4.76. The monoisotopic (exact) mass is 283 g/mol. The van der Waals surface area contributed by atoms with Gasteiger partial charge in [0.15, 0.2) is 5.82 Å². The molecule has 20 heavy (non-hydrogen) atoms. The van der Waals surface area contributed by atoms with Crippen LogP contribution in [0.15, 0.2) is 36.4 Å². The van der Waals surface area contributed by atoms with Crippen molar-refractivity contribution in [1.29, 1.82) is 0 Å². The fourth-order valence-electron chi connectivity index (χ4n) is 2.17. The topological polar surface area (TPSA) is 51.8 Å². The smallest absolute Gasteiger partial charge is 0.150 e. The summed E-state index contributed by atoms with van der Waals surface area (Å²) in [6.07, 6.45) is 0. The minimum Gasteiger partial charge on any atom is -0.382 e.